The van der Waals surface area contributed by atoms with Crippen molar-refractivity contribution in [2.24, 2.45) is 0 Å². The minimum Gasteiger partial charge on any atom is -0.384 e. The maximum Gasteiger partial charge on any atom is 0.294 e. The van der Waals surface area contributed by atoms with E-state index >= 15 is 0 Å². The van der Waals surface area contributed by atoms with Crippen molar-refractivity contribution in [3.63, 3.8) is 0 Å². The van der Waals surface area contributed by atoms with Crippen LogP contribution >= 0.6 is 48.0 Å². The van der Waals surface area contributed by atoms with Crippen LogP contribution in [0.15, 0.2) is 71.7 Å². The second-order valence-corrected chi connectivity index (χ2v) is 10.4. The molecule has 1 amide bonds. The highest BCUT2D eigenvalue weighted by atomic mass is 35.5. The minimum atomic E-state index is -0.610. The number of carbonyl (C=O) groups excluding carboxylic acids is 1. The van der Waals surface area contributed by atoms with Crippen LogP contribution in [0.25, 0.3) is 0 Å². The molecule has 1 aliphatic heterocycles. The number of fused-ring (bicyclic) bond motifs is 1. The summed E-state index contributed by atoms with van der Waals surface area (Å²) in [4.78, 5) is 35.3. The lowest BCUT2D eigenvalue weighted by Crippen LogP contribution is -2.36. The lowest BCUT2D eigenvalue weighted by Gasteiger charge is -2.20. The third kappa shape index (κ3) is 7.32. The second kappa shape index (κ2) is 14.0. The predicted octanol–water partition coefficient (Wildman–Crippen LogP) is 5.73. The van der Waals surface area contributed by atoms with Gasteiger partial charge in [0.15, 0.2) is 5.82 Å². The van der Waals surface area contributed by atoms with Crippen LogP contribution in [0.1, 0.15) is 46.5 Å². The van der Waals surface area contributed by atoms with Crippen LogP contribution in [0.3, 0.4) is 0 Å². The molecule has 4 N–H and O–H groups in total. The van der Waals surface area contributed by atoms with Crippen molar-refractivity contribution in [3.8, 4) is 0 Å². The van der Waals surface area contributed by atoms with Crippen LogP contribution in [0.5, 0.6) is 0 Å². The molecule has 2 aromatic heterocycles. The lowest BCUT2D eigenvalue weighted by molar-refractivity contribution is -0.124. The van der Waals surface area contributed by atoms with Crippen LogP contribution in [-0.4, -0.2) is 27.0 Å². The maximum atomic E-state index is 13.5. The van der Waals surface area contributed by atoms with Gasteiger partial charge in [0.1, 0.15) is 11.9 Å². The van der Waals surface area contributed by atoms with E-state index in [2.05, 4.69) is 20.6 Å². The van der Waals surface area contributed by atoms with Gasteiger partial charge < -0.3 is 16.4 Å². The van der Waals surface area contributed by atoms with Crippen molar-refractivity contribution >= 4 is 65.6 Å². The number of carbonyl (C=O) groups is 1. The number of hydrogen-bond donors (Lipinski definition) is 3. The Morgan fingerprint density at radius 1 is 1.02 bits per heavy atom. The predicted molar refractivity (Wildman–Crippen MR) is 169 cm³/mol. The second-order valence-electron chi connectivity index (χ2n) is 9.56. The summed E-state index contributed by atoms with van der Waals surface area (Å²) in [6, 6.07) is 18.2. The fourth-order valence-corrected chi connectivity index (χ4v) is 5.18. The van der Waals surface area contributed by atoms with Crippen molar-refractivity contribution in [1.29, 1.82) is 0 Å². The van der Waals surface area contributed by atoms with Crippen LogP contribution in [-0.2, 0) is 17.8 Å². The largest absolute Gasteiger partial charge is 0.384 e. The molecule has 0 saturated heterocycles. The Labute approximate surface area is 260 Å². The average Bonchev–Trinajstić information content (AvgIpc) is 3.36. The molecule has 0 aliphatic carbocycles. The third-order valence-corrected chi connectivity index (χ3v) is 7.55. The molecule has 0 unspecified atom stereocenters. The molecule has 41 heavy (non-hydrogen) atoms. The molecule has 8 nitrogen and oxygen atoms in total. The number of nitrogens with one attached hydrogen (secondary N) is 2. The number of pyridine rings is 1. The molecular formula is C29H30Cl4N6O2. The van der Waals surface area contributed by atoms with Gasteiger partial charge in [-0.3, -0.25) is 14.2 Å². The SMILES string of the molecule is Cc1nc(N)ccc1CNC(=O)[C@@H]1CCc2cnc(NCC(c3ccc(Cl)cc3)c3ccc(Cl)cc3)c(=O)n21.Cl.Cl. The molecule has 4 aromatic rings. The van der Waals surface area contributed by atoms with E-state index in [9.17, 15) is 9.59 Å². The normalized spacial score (nSPS) is 13.6. The topological polar surface area (TPSA) is 115 Å². The fraction of sp³-hybridized carbons (Fsp3) is 0.241. The van der Waals surface area contributed by atoms with Gasteiger partial charge in [-0.1, -0.05) is 53.5 Å². The molecule has 5 rings (SSSR count). The summed E-state index contributed by atoms with van der Waals surface area (Å²) in [5.74, 6) is 0.324. The highest BCUT2D eigenvalue weighted by molar-refractivity contribution is 6.30. The molecule has 1 atom stereocenters. The van der Waals surface area contributed by atoms with E-state index in [0.29, 0.717) is 41.8 Å². The molecule has 1 aliphatic rings. The Kier molecular flexibility index (Phi) is 11.0. The van der Waals surface area contributed by atoms with Gasteiger partial charge in [0.25, 0.3) is 5.56 Å². The highest BCUT2D eigenvalue weighted by Gasteiger charge is 2.30. The van der Waals surface area contributed by atoms with Crippen LogP contribution < -0.4 is 21.9 Å². The number of rotatable bonds is 8. The fourth-order valence-electron chi connectivity index (χ4n) is 4.92. The van der Waals surface area contributed by atoms with E-state index in [0.717, 1.165) is 28.1 Å². The first-order chi connectivity index (χ1) is 18.8. The van der Waals surface area contributed by atoms with Gasteiger partial charge in [0.05, 0.1) is 0 Å². The zero-order valence-electron chi connectivity index (χ0n) is 22.1. The summed E-state index contributed by atoms with van der Waals surface area (Å²) in [6.45, 7) is 2.56. The number of aryl methyl sites for hydroxylation is 2. The number of aromatic nitrogens is 3. The Bertz CT molecular complexity index is 1520. The molecule has 0 fully saturated rings. The maximum absolute atomic E-state index is 13.5. The first-order valence-electron chi connectivity index (χ1n) is 12.6. The number of nitrogen functional groups attached to an aromatic ring is 1. The smallest absolute Gasteiger partial charge is 0.294 e. The van der Waals surface area contributed by atoms with E-state index < -0.39 is 6.04 Å². The molecule has 3 heterocycles. The highest BCUT2D eigenvalue weighted by Crippen LogP contribution is 2.28. The van der Waals surface area contributed by atoms with Crippen molar-refractivity contribution in [1.82, 2.24) is 19.9 Å². The Balaban J connectivity index is 0.00000231. The van der Waals surface area contributed by atoms with Gasteiger partial charge in [-0.25, -0.2) is 9.97 Å². The van der Waals surface area contributed by atoms with Crippen LogP contribution in [0.4, 0.5) is 11.6 Å². The molecule has 0 saturated carbocycles. The van der Waals surface area contributed by atoms with E-state index in [-0.39, 0.29) is 48.0 Å². The quantitative estimate of drug-likeness (QED) is 0.228. The third-order valence-electron chi connectivity index (χ3n) is 7.05. The first-order valence-corrected chi connectivity index (χ1v) is 13.4. The van der Waals surface area contributed by atoms with E-state index in [1.54, 1.807) is 16.8 Å². The zero-order chi connectivity index (χ0) is 27.5. The minimum absolute atomic E-state index is 0. The zero-order valence-corrected chi connectivity index (χ0v) is 25.3. The van der Waals surface area contributed by atoms with Crippen molar-refractivity contribution in [3.05, 3.63) is 115 Å². The number of nitrogens with two attached hydrogens (primary N) is 1. The number of anilines is 2. The number of nitrogens with zero attached hydrogens (tertiary/aromatic N) is 3. The number of amides is 1. The molecular weight excluding hydrogens is 606 g/mol. The summed E-state index contributed by atoms with van der Waals surface area (Å²) in [5.41, 5.74) is 9.83. The Hall–Kier alpha value is -3.30. The van der Waals surface area contributed by atoms with E-state index in [4.69, 9.17) is 28.9 Å². The molecule has 0 spiro atoms. The van der Waals surface area contributed by atoms with Crippen molar-refractivity contribution in [2.75, 3.05) is 17.6 Å². The van der Waals surface area contributed by atoms with Gasteiger partial charge in [0.2, 0.25) is 5.91 Å². The molecule has 0 bridgehead atoms. The summed E-state index contributed by atoms with van der Waals surface area (Å²) < 4.78 is 1.55. The van der Waals surface area contributed by atoms with Gasteiger partial charge in [-0.15, -0.1) is 24.8 Å². The van der Waals surface area contributed by atoms with Crippen molar-refractivity contribution in [2.45, 2.75) is 38.3 Å². The molecule has 12 heteroatoms. The van der Waals surface area contributed by atoms with Crippen LogP contribution in [0, 0.1) is 6.92 Å². The van der Waals surface area contributed by atoms with Crippen molar-refractivity contribution < 1.29 is 4.79 Å². The van der Waals surface area contributed by atoms with E-state index in [1.165, 1.54) is 0 Å². The summed E-state index contributed by atoms with van der Waals surface area (Å²) in [7, 11) is 0. The Morgan fingerprint density at radius 3 is 2.22 bits per heavy atom. The van der Waals surface area contributed by atoms with E-state index in [1.807, 2.05) is 61.5 Å². The summed E-state index contributed by atoms with van der Waals surface area (Å²) in [6.07, 6.45) is 2.80. The standard InChI is InChI=1S/C29H28Cl2N6O2.2ClH/c1-17-20(6-13-26(32)36-17)14-35-28(38)25-12-11-23-15-33-27(29(39)37(23)25)34-16-24(18-2-7-21(30)8-3-18)19-4-9-22(31)10-5-19;;/h2-10,13,15,24-25H,11-12,14,16H2,1H3,(H2,32,36)(H,33,34)(H,35,38);2*1H/t25-;;/m0../s1. The number of halogens is 4. The lowest BCUT2D eigenvalue weighted by atomic mass is 9.91. The average molecular weight is 636 g/mol. The summed E-state index contributed by atoms with van der Waals surface area (Å²) >= 11 is 12.2. The number of hydrogen-bond acceptors (Lipinski definition) is 6. The number of benzene rings is 2. The Morgan fingerprint density at radius 2 is 1.63 bits per heavy atom. The summed E-state index contributed by atoms with van der Waals surface area (Å²) in [5, 5.41) is 7.48. The molecule has 0 radical (unpaired) electrons. The van der Waals surface area contributed by atoms with Gasteiger partial charge in [0, 0.05) is 46.6 Å². The molecule has 2 aromatic carbocycles. The molecule has 216 valence electrons. The monoisotopic (exact) mass is 634 g/mol. The van der Waals surface area contributed by atoms with Gasteiger partial charge in [-0.05, 0) is 66.8 Å². The van der Waals surface area contributed by atoms with Crippen LogP contribution in [0.2, 0.25) is 10.0 Å². The first kappa shape index (κ1) is 32.2. The van der Waals surface area contributed by atoms with Gasteiger partial charge in [-0.2, -0.15) is 0 Å². The van der Waals surface area contributed by atoms with Gasteiger partial charge >= 0.3 is 0 Å².